The highest BCUT2D eigenvalue weighted by Gasteiger charge is 2.23. The number of ether oxygens (including phenoxy) is 2. The number of aromatic nitrogens is 4. The van der Waals surface area contributed by atoms with E-state index in [2.05, 4.69) is 15.1 Å². The van der Waals surface area contributed by atoms with E-state index < -0.39 is 6.17 Å². The van der Waals surface area contributed by atoms with Crippen LogP contribution in [0.3, 0.4) is 0 Å². The zero-order valence-corrected chi connectivity index (χ0v) is 16.6. The van der Waals surface area contributed by atoms with Gasteiger partial charge >= 0.3 is 0 Å². The van der Waals surface area contributed by atoms with Crippen molar-refractivity contribution in [2.24, 2.45) is 12.8 Å². The monoisotopic (exact) mass is 417 g/mol. The van der Waals surface area contributed by atoms with Gasteiger partial charge in [0.15, 0.2) is 5.82 Å². The summed E-state index contributed by atoms with van der Waals surface area (Å²) in [4.78, 5) is 8.54. The maximum Gasteiger partial charge on any atom is 0.217 e. The molecule has 3 heterocycles. The van der Waals surface area contributed by atoms with Crippen LogP contribution in [0.1, 0.15) is 29.8 Å². The summed E-state index contributed by atoms with van der Waals surface area (Å²) in [6, 6.07) is 7.09. The Morgan fingerprint density at radius 3 is 2.83 bits per heavy atom. The van der Waals surface area contributed by atoms with E-state index in [1.807, 2.05) is 13.1 Å². The highest BCUT2D eigenvalue weighted by molar-refractivity contribution is 6.30. The van der Waals surface area contributed by atoms with Crippen LogP contribution in [0, 0.1) is 0 Å². The number of nitrogens with two attached hydrogens (primary N) is 1. The molecule has 9 heteroatoms. The number of benzene rings is 1. The Morgan fingerprint density at radius 2 is 2.14 bits per heavy atom. The van der Waals surface area contributed by atoms with Gasteiger partial charge in [0.25, 0.3) is 0 Å². The molecule has 0 saturated carbocycles. The van der Waals surface area contributed by atoms with Gasteiger partial charge in [0.1, 0.15) is 11.9 Å². The molecule has 2 aromatic heterocycles. The summed E-state index contributed by atoms with van der Waals surface area (Å²) in [5.41, 5.74) is 7.26. The molecule has 1 fully saturated rings. The van der Waals surface area contributed by atoms with Crippen molar-refractivity contribution < 1.29 is 13.9 Å². The number of rotatable bonds is 6. The lowest BCUT2D eigenvalue weighted by molar-refractivity contribution is 0.193. The third-order valence-electron chi connectivity index (χ3n) is 4.84. The lowest BCUT2D eigenvalue weighted by atomic mass is 10.1. The first-order valence-electron chi connectivity index (χ1n) is 9.30. The van der Waals surface area contributed by atoms with Gasteiger partial charge in [0, 0.05) is 61.2 Å². The number of nitrogens with zero attached hydrogens (tertiary/aromatic N) is 4. The van der Waals surface area contributed by atoms with Crippen LogP contribution in [0.5, 0.6) is 11.6 Å². The lowest BCUT2D eigenvalue weighted by Gasteiger charge is -2.11. The fraction of sp³-hybridized carbons (Fsp3) is 0.350. The first-order valence-corrected chi connectivity index (χ1v) is 9.68. The lowest BCUT2D eigenvalue weighted by Crippen LogP contribution is -2.08. The number of hydrogen-bond acceptors (Lipinski definition) is 6. The van der Waals surface area contributed by atoms with Crippen molar-refractivity contribution >= 4 is 11.6 Å². The molecular formula is C20H21ClFN5O2. The van der Waals surface area contributed by atoms with E-state index in [4.69, 9.17) is 26.8 Å². The second-order valence-electron chi connectivity index (χ2n) is 6.88. The summed E-state index contributed by atoms with van der Waals surface area (Å²) < 4.78 is 27.0. The van der Waals surface area contributed by atoms with Crippen molar-refractivity contribution in [2.45, 2.75) is 18.5 Å². The zero-order valence-electron chi connectivity index (χ0n) is 15.9. The second kappa shape index (κ2) is 8.44. The smallest absolute Gasteiger partial charge is 0.217 e. The Kier molecular flexibility index (Phi) is 5.75. The molecule has 0 bridgehead atoms. The van der Waals surface area contributed by atoms with Gasteiger partial charge in [-0.15, -0.1) is 0 Å². The first kappa shape index (κ1) is 19.8. The highest BCUT2D eigenvalue weighted by Crippen LogP contribution is 2.35. The van der Waals surface area contributed by atoms with Crippen molar-refractivity contribution in [3.8, 4) is 23.0 Å². The van der Waals surface area contributed by atoms with E-state index in [-0.39, 0.29) is 12.5 Å². The van der Waals surface area contributed by atoms with Crippen molar-refractivity contribution in [3.05, 3.63) is 52.9 Å². The number of alkyl halides is 1. The van der Waals surface area contributed by atoms with E-state index in [0.29, 0.717) is 40.2 Å². The van der Waals surface area contributed by atoms with E-state index >= 15 is 0 Å². The van der Waals surface area contributed by atoms with Crippen molar-refractivity contribution in [1.29, 1.82) is 0 Å². The van der Waals surface area contributed by atoms with E-state index in [1.165, 1.54) is 12.4 Å². The van der Waals surface area contributed by atoms with Crippen LogP contribution >= 0.6 is 11.6 Å². The Bertz CT molecular complexity index is 989. The Labute approximate surface area is 172 Å². The van der Waals surface area contributed by atoms with Gasteiger partial charge < -0.3 is 15.2 Å². The van der Waals surface area contributed by atoms with Crippen LogP contribution < -0.4 is 10.5 Å². The van der Waals surface area contributed by atoms with Gasteiger partial charge in [-0.05, 0) is 18.6 Å². The fourth-order valence-electron chi connectivity index (χ4n) is 3.19. The molecule has 1 aliphatic rings. The summed E-state index contributed by atoms with van der Waals surface area (Å²) in [5, 5.41) is 5.06. The maximum atomic E-state index is 13.7. The average molecular weight is 418 g/mol. The molecule has 2 N–H and O–H groups in total. The molecule has 3 aromatic rings. The third kappa shape index (κ3) is 4.24. The summed E-state index contributed by atoms with van der Waals surface area (Å²) >= 11 is 6.18. The van der Waals surface area contributed by atoms with E-state index in [0.717, 1.165) is 18.7 Å². The maximum absolute atomic E-state index is 13.7. The first-order chi connectivity index (χ1) is 14.0. The van der Waals surface area contributed by atoms with Crippen LogP contribution in [-0.4, -0.2) is 39.5 Å². The van der Waals surface area contributed by atoms with Gasteiger partial charge in [-0.1, -0.05) is 11.6 Å². The second-order valence-corrected chi connectivity index (χ2v) is 7.31. The largest absolute Gasteiger partial charge is 0.438 e. The molecule has 29 heavy (non-hydrogen) atoms. The van der Waals surface area contributed by atoms with Gasteiger partial charge in [0.2, 0.25) is 5.88 Å². The summed E-state index contributed by atoms with van der Waals surface area (Å²) in [7, 11) is 1.82. The van der Waals surface area contributed by atoms with Gasteiger partial charge in [0.05, 0.1) is 17.9 Å². The molecule has 2 atom stereocenters. The van der Waals surface area contributed by atoms with E-state index in [1.54, 1.807) is 22.9 Å². The average Bonchev–Trinajstić information content (AvgIpc) is 3.38. The van der Waals surface area contributed by atoms with Crippen molar-refractivity contribution in [2.75, 3.05) is 19.8 Å². The molecule has 0 spiro atoms. The van der Waals surface area contributed by atoms with Crippen LogP contribution in [0.25, 0.3) is 11.4 Å². The number of hydrogen-bond donors (Lipinski definition) is 1. The van der Waals surface area contributed by atoms with E-state index in [9.17, 15) is 4.39 Å². The zero-order chi connectivity index (χ0) is 20.4. The van der Waals surface area contributed by atoms with Gasteiger partial charge in [-0.25, -0.2) is 19.0 Å². The van der Waals surface area contributed by atoms with Crippen LogP contribution in [0.15, 0.2) is 36.7 Å². The molecular weight excluding hydrogens is 397 g/mol. The fourth-order valence-corrected chi connectivity index (χ4v) is 3.35. The molecule has 0 radical (unpaired) electrons. The Balaban J connectivity index is 1.64. The molecule has 1 aliphatic heterocycles. The molecule has 7 nitrogen and oxygen atoms in total. The Morgan fingerprint density at radius 1 is 1.34 bits per heavy atom. The highest BCUT2D eigenvalue weighted by atomic mass is 35.5. The molecule has 0 aliphatic carbocycles. The predicted molar refractivity (Wildman–Crippen MR) is 107 cm³/mol. The normalized spacial score (nSPS) is 17.4. The SMILES string of the molecule is Cn1nc([C@H]2CCOC2)cc1Oc1cc(Cl)ccc1-c1ncc([C@@H](F)CN)cn1. The summed E-state index contributed by atoms with van der Waals surface area (Å²) in [6.07, 6.45) is 2.51. The Hall–Kier alpha value is -2.55. The van der Waals surface area contributed by atoms with Gasteiger partial charge in [-0.3, -0.25) is 0 Å². The van der Waals surface area contributed by atoms with Crippen molar-refractivity contribution in [3.63, 3.8) is 0 Å². The minimum absolute atomic E-state index is 0.118. The topological polar surface area (TPSA) is 88.1 Å². The summed E-state index contributed by atoms with van der Waals surface area (Å²) in [6.45, 7) is 1.29. The third-order valence-corrected chi connectivity index (χ3v) is 5.08. The quantitative estimate of drug-likeness (QED) is 0.656. The minimum Gasteiger partial charge on any atom is -0.438 e. The molecule has 1 saturated heterocycles. The number of aryl methyl sites for hydroxylation is 1. The molecule has 4 rings (SSSR count). The predicted octanol–water partition coefficient (Wildman–Crippen LogP) is 3.80. The summed E-state index contributed by atoms with van der Waals surface area (Å²) in [5.74, 6) is 1.72. The number of halogens is 2. The minimum atomic E-state index is -1.29. The van der Waals surface area contributed by atoms with Gasteiger partial charge in [-0.2, -0.15) is 5.10 Å². The molecule has 0 unspecified atom stereocenters. The molecule has 0 amide bonds. The molecule has 1 aromatic carbocycles. The van der Waals surface area contributed by atoms with Crippen molar-refractivity contribution in [1.82, 2.24) is 19.7 Å². The van der Waals surface area contributed by atoms with Crippen LogP contribution in [0.2, 0.25) is 5.02 Å². The van der Waals surface area contributed by atoms with Crippen LogP contribution in [-0.2, 0) is 11.8 Å². The molecule has 152 valence electrons. The van der Waals surface area contributed by atoms with Crippen LogP contribution in [0.4, 0.5) is 4.39 Å². The standard InChI is InChI=1S/C20H21ClFN5O2/c1-27-19(7-17(26-27)12-4-5-28-11-12)29-18-6-14(21)2-3-15(18)20-24-9-13(10-25-20)16(22)8-23/h2-3,6-7,9-10,12,16H,4-5,8,11,23H2,1H3/t12-,16-/m0/s1.